The lowest BCUT2D eigenvalue weighted by molar-refractivity contribution is 0.206. The van der Waals surface area contributed by atoms with Crippen LogP contribution in [0.3, 0.4) is 0 Å². The molecule has 3 heteroatoms. The molecule has 0 heterocycles. The summed E-state index contributed by atoms with van der Waals surface area (Å²) in [6.07, 6.45) is 6.66. The quantitative estimate of drug-likeness (QED) is 0.552. The van der Waals surface area contributed by atoms with Gasteiger partial charge in [-0.15, -0.1) is 0 Å². The van der Waals surface area contributed by atoms with Gasteiger partial charge in [-0.05, 0) is 25.0 Å². The monoisotopic (exact) mass is 216 g/mol. The fourth-order valence-electron chi connectivity index (χ4n) is 1.00. The van der Waals surface area contributed by atoms with Crippen molar-refractivity contribution in [2.24, 2.45) is 0 Å². The number of rotatable bonds is 9. The summed E-state index contributed by atoms with van der Waals surface area (Å²) in [7, 11) is -1.48. The van der Waals surface area contributed by atoms with E-state index in [-0.39, 0.29) is 0 Å². The first kappa shape index (κ1) is 13.9. The second kappa shape index (κ2) is 11.0. The predicted octanol–water partition coefficient (Wildman–Crippen LogP) is 2.96. The number of hydrogen-bond acceptors (Lipinski definition) is 2. The summed E-state index contributed by atoms with van der Waals surface area (Å²) in [5.41, 5.74) is 2.16. The van der Waals surface area contributed by atoms with E-state index >= 15 is 0 Å². The van der Waals surface area contributed by atoms with Crippen LogP contribution in [0.1, 0.15) is 46.5 Å². The van der Waals surface area contributed by atoms with Gasteiger partial charge in [0.25, 0.3) is 0 Å². The van der Waals surface area contributed by atoms with E-state index in [1.165, 1.54) is 6.42 Å². The van der Waals surface area contributed by atoms with E-state index in [2.05, 4.69) is 32.5 Å². The molecule has 0 aliphatic carbocycles. The standard InChI is InChI=1S/C11H24O2Si/c1-4-7-8-11-14(12-9-5-2)13-10-6-3/h8,11,14H,4-7,9-10H2,1-3H3. The van der Waals surface area contributed by atoms with Crippen molar-refractivity contribution >= 4 is 9.28 Å². The minimum atomic E-state index is -1.48. The molecule has 0 N–H and O–H groups in total. The van der Waals surface area contributed by atoms with E-state index in [9.17, 15) is 0 Å². The second-order valence-corrected chi connectivity index (χ2v) is 5.12. The molecule has 2 nitrogen and oxygen atoms in total. The average molecular weight is 216 g/mol. The highest BCUT2D eigenvalue weighted by molar-refractivity contribution is 6.50. The molecule has 0 spiro atoms. The van der Waals surface area contributed by atoms with Crippen molar-refractivity contribution in [1.29, 1.82) is 0 Å². The summed E-state index contributed by atoms with van der Waals surface area (Å²) in [6.45, 7) is 8.09. The Labute approximate surface area is 90.2 Å². The van der Waals surface area contributed by atoms with Crippen molar-refractivity contribution in [1.82, 2.24) is 0 Å². The molecular formula is C11H24O2Si. The lowest BCUT2D eigenvalue weighted by Gasteiger charge is -2.12. The molecule has 0 unspecified atom stereocenters. The lowest BCUT2D eigenvalue weighted by Crippen LogP contribution is -2.21. The molecule has 0 saturated carbocycles. The topological polar surface area (TPSA) is 18.5 Å². The number of allylic oxidation sites excluding steroid dienone is 1. The summed E-state index contributed by atoms with van der Waals surface area (Å²) in [4.78, 5) is 0. The largest absolute Gasteiger partial charge is 0.394 e. The van der Waals surface area contributed by atoms with Crippen LogP contribution in [-0.2, 0) is 8.85 Å². The molecule has 0 saturated heterocycles. The van der Waals surface area contributed by atoms with Crippen molar-refractivity contribution in [3.8, 4) is 0 Å². The fourth-order valence-corrected chi connectivity index (χ4v) is 2.67. The molecule has 0 aromatic rings. The van der Waals surface area contributed by atoms with Gasteiger partial charge < -0.3 is 8.85 Å². The first-order chi connectivity index (χ1) is 6.85. The molecule has 0 atom stereocenters. The second-order valence-electron chi connectivity index (χ2n) is 3.33. The van der Waals surface area contributed by atoms with Crippen LogP contribution >= 0.6 is 0 Å². The third-order valence-electron chi connectivity index (χ3n) is 1.72. The van der Waals surface area contributed by atoms with E-state index in [4.69, 9.17) is 8.85 Å². The molecule has 0 aromatic heterocycles. The van der Waals surface area contributed by atoms with E-state index in [1.54, 1.807) is 0 Å². The van der Waals surface area contributed by atoms with Gasteiger partial charge in [0.05, 0.1) is 0 Å². The average Bonchev–Trinajstić information content (AvgIpc) is 2.21. The van der Waals surface area contributed by atoms with Gasteiger partial charge >= 0.3 is 9.28 Å². The van der Waals surface area contributed by atoms with Gasteiger partial charge in [0.1, 0.15) is 0 Å². The minimum absolute atomic E-state index is 0.830. The van der Waals surface area contributed by atoms with Crippen molar-refractivity contribution in [3.63, 3.8) is 0 Å². The van der Waals surface area contributed by atoms with Crippen LogP contribution in [0.5, 0.6) is 0 Å². The fraction of sp³-hybridized carbons (Fsp3) is 0.818. The highest BCUT2D eigenvalue weighted by Gasteiger charge is 2.07. The highest BCUT2D eigenvalue weighted by atomic mass is 28.3. The highest BCUT2D eigenvalue weighted by Crippen LogP contribution is 1.97. The maximum absolute atomic E-state index is 5.67. The van der Waals surface area contributed by atoms with Gasteiger partial charge in [-0.25, -0.2) is 0 Å². The van der Waals surface area contributed by atoms with Gasteiger partial charge in [0, 0.05) is 13.2 Å². The smallest absolute Gasteiger partial charge is 0.348 e. The zero-order chi connectivity index (χ0) is 10.6. The Morgan fingerprint density at radius 1 is 0.929 bits per heavy atom. The predicted molar refractivity (Wildman–Crippen MR) is 63.7 cm³/mol. The first-order valence-electron chi connectivity index (χ1n) is 5.74. The first-order valence-corrected chi connectivity index (χ1v) is 7.35. The third-order valence-corrected chi connectivity index (χ3v) is 3.44. The van der Waals surface area contributed by atoms with Gasteiger partial charge in [-0.2, -0.15) is 0 Å². The van der Waals surface area contributed by atoms with E-state index in [1.807, 2.05) is 0 Å². The molecule has 0 fully saturated rings. The normalized spacial score (nSPS) is 11.7. The van der Waals surface area contributed by atoms with E-state index in [0.29, 0.717) is 0 Å². The number of unbranched alkanes of at least 4 members (excludes halogenated alkanes) is 1. The molecule has 0 rings (SSSR count). The lowest BCUT2D eigenvalue weighted by atomic mass is 10.3. The molecule has 0 bridgehead atoms. The maximum atomic E-state index is 5.67. The van der Waals surface area contributed by atoms with E-state index in [0.717, 1.165) is 32.5 Å². The molecule has 0 radical (unpaired) electrons. The Balaban J connectivity index is 3.71. The van der Waals surface area contributed by atoms with E-state index < -0.39 is 9.28 Å². The SMILES string of the molecule is CCCC=C[SiH](OCCC)OCCC. The van der Waals surface area contributed by atoms with Crippen LogP contribution in [0.25, 0.3) is 0 Å². The molecule has 0 aliphatic rings. The van der Waals surface area contributed by atoms with Gasteiger partial charge in [-0.1, -0.05) is 33.3 Å². The molecule has 84 valence electrons. The van der Waals surface area contributed by atoms with Crippen molar-refractivity contribution in [2.75, 3.05) is 13.2 Å². The van der Waals surface area contributed by atoms with Gasteiger partial charge in [0.2, 0.25) is 0 Å². The van der Waals surface area contributed by atoms with Crippen LogP contribution < -0.4 is 0 Å². The Morgan fingerprint density at radius 2 is 1.50 bits per heavy atom. The van der Waals surface area contributed by atoms with Crippen molar-refractivity contribution in [2.45, 2.75) is 46.5 Å². The summed E-state index contributed by atoms with van der Waals surface area (Å²) in [5, 5.41) is 0. The third kappa shape index (κ3) is 8.47. The Kier molecular flexibility index (Phi) is 10.9. The Hall–Kier alpha value is -0.123. The molecule has 0 amide bonds. The molecule has 14 heavy (non-hydrogen) atoms. The van der Waals surface area contributed by atoms with Gasteiger partial charge in [-0.3, -0.25) is 0 Å². The number of hydrogen-bond donors (Lipinski definition) is 0. The minimum Gasteiger partial charge on any atom is -0.394 e. The van der Waals surface area contributed by atoms with Crippen LogP contribution in [0, 0.1) is 0 Å². The molecule has 0 aliphatic heterocycles. The van der Waals surface area contributed by atoms with Crippen LogP contribution in [0.15, 0.2) is 11.8 Å². The van der Waals surface area contributed by atoms with Gasteiger partial charge in [0.15, 0.2) is 0 Å². The zero-order valence-corrected chi connectivity index (χ0v) is 10.9. The zero-order valence-electron chi connectivity index (χ0n) is 9.79. The molecular weight excluding hydrogens is 192 g/mol. The summed E-state index contributed by atoms with van der Waals surface area (Å²) >= 11 is 0. The summed E-state index contributed by atoms with van der Waals surface area (Å²) in [6, 6.07) is 0. The summed E-state index contributed by atoms with van der Waals surface area (Å²) < 4.78 is 11.3. The Bertz CT molecular complexity index is 129. The van der Waals surface area contributed by atoms with Crippen LogP contribution in [0.4, 0.5) is 0 Å². The summed E-state index contributed by atoms with van der Waals surface area (Å²) in [5.74, 6) is 0. The Morgan fingerprint density at radius 3 is 1.93 bits per heavy atom. The maximum Gasteiger partial charge on any atom is 0.348 e. The van der Waals surface area contributed by atoms with Crippen LogP contribution in [-0.4, -0.2) is 22.5 Å². The van der Waals surface area contributed by atoms with Crippen molar-refractivity contribution in [3.05, 3.63) is 11.8 Å². The van der Waals surface area contributed by atoms with Crippen LogP contribution in [0.2, 0.25) is 0 Å². The molecule has 0 aromatic carbocycles. The van der Waals surface area contributed by atoms with Crippen molar-refractivity contribution < 1.29 is 8.85 Å².